The van der Waals surface area contributed by atoms with Gasteiger partial charge in [-0.3, -0.25) is 5.41 Å². The van der Waals surface area contributed by atoms with Crippen molar-refractivity contribution in [2.24, 2.45) is 5.73 Å². The van der Waals surface area contributed by atoms with Crippen LogP contribution in [0.1, 0.15) is 5.56 Å². The van der Waals surface area contributed by atoms with E-state index in [9.17, 15) is 4.39 Å². The molecular formula is C8H9FN2S. The van der Waals surface area contributed by atoms with Crippen molar-refractivity contribution >= 4 is 17.6 Å². The van der Waals surface area contributed by atoms with Crippen LogP contribution in [0.2, 0.25) is 0 Å². The molecule has 0 saturated heterocycles. The van der Waals surface area contributed by atoms with E-state index in [1.165, 1.54) is 17.8 Å². The summed E-state index contributed by atoms with van der Waals surface area (Å²) in [4.78, 5) is 0.904. The van der Waals surface area contributed by atoms with Crippen molar-refractivity contribution in [3.05, 3.63) is 29.6 Å². The Balaban J connectivity index is 3.17. The number of nitrogens with two attached hydrogens (primary N) is 1. The maximum Gasteiger partial charge on any atom is 0.134 e. The Kier molecular flexibility index (Phi) is 2.70. The number of hydrogen-bond donors (Lipinski definition) is 2. The van der Waals surface area contributed by atoms with Gasteiger partial charge < -0.3 is 5.73 Å². The number of nitrogens with one attached hydrogen (secondary N) is 1. The van der Waals surface area contributed by atoms with Crippen molar-refractivity contribution < 1.29 is 4.39 Å². The predicted molar refractivity (Wildman–Crippen MR) is 49.2 cm³/mol. The second-order valence-corrected chi connectivity index (χ2v) is 3.14. The smallest absolute Gasteiger partial charge is 0.134 e. The Labute approximate surface area is 74.5 Å². The molecule has 0 aromatic heterocycles. The maximum atomic E-state index is 12.9. The molecule has 0 aliphatic rings. The Hall–Kier alpha value is -1.03. The zero-order valence-electron chi connectivity index (χ0n) is 6.60. The van der Waals surface area contributed by atoms with Crippen LogP contribution < -0.4 is 5.73 Å². The van der Waals surface area contributed by atoms with Gasteiger partial charge in [-0.15, -0.1) is 11.8 Å². The van der Waals surface area contributed by atoms with Crippen LogP contribution in [0, 0.1) is 11.2 Å². The zero-order valence-corrected chi connectivity index (χ0v) is 7.41. The topological polar surface area (TPSA) is 49.9 Å². The third kappa shape index (κ3) is 1.76. The first-order valence-electron chi connectivity index (χ1n) is 3.33. The highest BCUT2D eigenvalue weighted by Crippen LogP contribution is 2.17. The Morgan fingerprint density at radius 3 is 2.75 bits per heavy atom. The van der Waals surface area contributed by atoms with Crippen LogP contribution in [0.4, 0.5) is 4.39 Å². The van der Waals surface area contributed by atoms with E-state index in [1.807, 2.05) is 6.26 Å². The van der Waals surface area contributed by atoms with Crippen molar-refractivity contribution in [1.29, 1.82) is 5.41 Å². The van der Waals surface area contributed by atoms with Crippen LogP contribution in [0.3, 0.4) is 0 Å². The van der Waals surface area contributed by atoms with Crippen LogP contribution in [-0.4, -0.2) is 12.1 Å². The Morgan fingerprint density at radius 2 is 2.25 bits per heavy atom. The van der Waals surface area contributed by atoms with E-state index in [-0.39, 0.29) is 11.4 Å². The third-order valence-electron chi connectivity index (χ3n) is 1.46. The van der Waals surface area contributed by atoms with Crippen LogP contribution in [0.15, 0.2) is 23.1 Å². The van der Waals surface area contributed by atoms with Gasteiger partial charge in [0.1, 0.15) is 11.7 Å². The van der Waals surface area contributed by atoms with Gasteiger partial charge in [0.2, 0.25) is 0 Å². The van der Waals surface area contributed by atoms with Crippen molar-refractivity contribution in [2.45, 2.75) is 4.90 Å². The van der Waals surface area contributed by atoms with Gasteiger partial charge in [-0.05, 0) is 24.5 Å². The van der Waals surface area contributed by atoms with Gasteiger partial charge >= 0.3 is 0 Å². The molecule has 0 unspecified atom stereocenters. The molecule has 12 heavy (non-hydrogen) atoms. The van der Waals surface area contributed by atoms with Gasteiger partial charge in [0.25, 0.3) is 0 Å². The average Bonchev–Trinajstić information content (AvgIpc) is 2.05. The van der Waals surface area contributed by atoms with Crippen LogP contribution in [0.5, 0.6) is 0 Å². The lowest BCUT2D eigenvalue weighted by molar-refractivity contribution is 0.623. The number of rotatable bonds is 2. The summed E-state index contributed by atoms with van der Waals surface area (Å²) < 4.78 is 12.9. The molecule has 0 atom stereocenters. The van der Waals surface area contributed by atoms with E-state index < -0.39 is 5.82 Å². The first kappa shape index (κ1) is 9.06. The van der Waals surface area contributed by atoms with E-state index in [0.717, 1.165) is 4.90 Å². The number of thioether (sulfide) groups is 1. The number of amidine groups is 1. The number of halogens is 1. The molecule has 64 valence electrons. The molecule has 1 aromatic rings. The highest BCUT2D eigenvalue weighted by molar-refractivity contribution is 7.98. The van der Waals surface area contributed by atoms with Crippen molar-refractivity contribution in [2.75, 3.05) is 6.26 Å². The van der Waals surface area contributed by atoms with E-state index in [1.54, 1.807) is 12.1 Å². The molecule has 3 N–H and O–H groups in total. The quantitative estimate of drug-likeness (QED) is 0.418. The second-order valence-electron chi connectivity index (χ2n) is 2.26. The first-order valence-corrected chi connectivity index (χ1v) is 4.55. The molecule has 0 saturated carbocycles. The normalized spacial score (nSPS) is 9.83. The lowest BCUT2D eigenvalue weighted by atomic mass is 10.2. The summed E-state index contributed by atoms with van der Waals surface area (Å²) >= 11 is 1.49. The number of hydrogen-bond acceptors (Lipinski definition) is 2. The molecule has 0 fully saturated rings. The van der Waals surface area contributed by atoms with Gasteiger partial charge in [-0.1, -0.05) is 0 Å². The highest BCUT2D eigenvalue weighted by Gasteiger charge is 2.04. The molecule has 0 heterocycles. The second kappa shape index (κ2) is 3.58. The summed E-state index contributed by atoms with van der Waals surface area (Å²) in [6.07, 6.45) is 1.89. The van der Waals surface area contributed by atoms with Crippen molar-refractivity contribution in [3.63, 3.8) is 0 Å². The summed E-state index contributed by atoms with van der Waals surface area (Å²) in [6, 6.07) is 4.55. The molecule has 0 amide bonds. The Bertz CT molecular complexity index is 312. The number of benzene rings is 1. The van der Waals surface area contributed by atoms with E-state index in [0.29, 0.717) is 0 Å². The van der Waals surface area contributed by atoms with Gasteiger partial charge in [-0.2, -0.15) is 0 Å². The SMILES string of the molecule is CSc1ccc(F)c(C(=N)N)c1. The van der Waals surface area contributed by atoms with Crippen LogP contribution >= 0.6 is 11.8 Å². The summed E-state index contributed by atoms with van der Waals surface area (Å²) in [5.41, 5.74) is 5.34. The summed E-state index contributed by atoms with van der Waals surface area (Å²) in [5, 5.41) is 7.08. The maximum absolute atomic E-state index is 12.9. The summed E-state index contributed by atoms with van der Waals surface area (Å²) in [6.45, 7) is 0. The monoisotopic (exact) mass is 184 g/mol. The minimum atomic E-state index is -0.444. The Morgan fingerprint density at radius 1 is 1.58 bits per heavy atom. The van der Waals surface area contributed by atoms with Crippen LogP contribution in [-0.2, 0) is 0 Å². The molecular weight excluding hydrogens is 175 g/mol. The van der Waals surface area contributed by atoms with Gasteiger partial charge in [0.15, 0.2) is 0 Å². The molecule has 0 aliphatic carbocycles. The van der Waals surface area contributed by atoms with E-state index in [2.05, 4.69) is 0 Å². The fourth-order valence-electron chi connectivity index (χ4n) is 0.838. The third-order valence-corrected chi connectivity index (χ3v) is 2.19. The molecule has 1 aromatic carbocycles. The summed E-state index contributed by atoms with van der Waals surface area (Å²) in [7, 11) is 0. The number of nitrogen functional groups attached to an aromatic ring is 1. The molecule has 0 spiro atoms. The highest BCUT2D eigenvalue weighted by atomic mass is 32.2. The molecule has 1 rings (SSSR count). The van der Waals surface area contributed by atoms with Gasteiger partial charge in [0, 0.05) is 4.90 Å². The molecule has 0 bridgehead atoms. The zero-order chi connectivity index (χ0) is 9.14. The fraction of sp³-hybridized carbons (Fsp3) is 0.125. The fourth-order valence-corrected chi connectivity index (χ4v) is 1.28. The first-order chi connectivity index (χ1) is 5.65. The van der Waals surface area contributed by atoms with Gasteiger partial charge in [-0.25, -0.2) is 4.39 Å². The lowest BCUT2D eigenvalue weighted by Crippen LogP contribution is -2.13. The predicted octanol–water partition coefficient (Wildman–Crippen LogP) is 1.83. The largest absolute Gasteiger partial charge is 0.384 e. The molecule has 2 nitrogen and oxygen atoms in total. The minimum absolute atomic E-state index is 0.168. The van der Waals surface area contributed by atoms with E-state index in [4.69, 9.17) is 11.1 Å². The van der Waals surface area contributed by atoms with Gasteiger partial charge in [0.05, 0.1) is 5.56 Å². The van der Waals surface area contributed by atoms with E-state index >= 15 is 0 Å². The lowest BCUT2D eigenvalue weighted by Gasteiger charge is -2.02. The van der Waals surface area contributed by atoms with Crippen molar-refractivity contribution in [1.82, 2.24) is 0 Å². The molecule has 0 radical (unpaired) electrons. The average molecular weight is 184 g/mol. The van der Waals surface area contributed by atoms with Crippen molar-refractivity contribution in [3.8, 4) is 0 Å². The minimum Gasteiger partial charge on any atom is -0.384 e. The van der Waals surface area contributed by atoms with Crippen LogP contribution in [0.25, 0.3) is 0 Å². The molecule has 0 aliphatic heterocycles. The standard InChI is InChI=1S/C8H9FN2S/c1-12-5-2-3-7(9)6(4-5)8(10)11/h2-4H,1H3,(H3,10,11). The summed E-state index contributed by atoms with van der Waals surface area (Å²) in [5.74, 6) is -0.677. The molecule has 4 heteroatoms.